The Balaban J connectivity index is 1.79. The molecule has 0 aliphatic carbocycles. The molecule has 3 N–H and O–H groups in total. The van der Waals surface area contributed by atoms with Gasteiger partial charge in [0.15, 0.2) is 0 Å². The highest BCUT2D eigenvalue weighted by molar-refractivity contribution is 5.98. The number of nitrogens with one attached hydrogen (secondary N) is 3. The molecule has 7 heteroatoms. The molecule has 138 valence electrons. The van der Waals surface area contributed by atoms with Gasteiger partial charge < -0.3 is 16.0 Å². The molecule has 0 spiro atoms. The molecule has 0 radical (unpaired) electrons. The zero-order valence-electron chi connectivity index (χ0n) is 15.2. The first-order valence-corrected chi connectivity index (χ1v) is 8.94. The van der Waals surface area contributed by atoms with E-state index in [4.69, 9.17) is 0 Å². The third kappa shape index (κ3) is 3.77. The molecule has 2 aromatic rings. The maximum absolute atomic E-state index is 13.1. The van der Waals surface area contributed by atoms with Gasteiger partial charge in [-0.05, 0) is 50.2 Å². The Morgan fingerprint density at radius 1 is 1.15 bits per heavy atom. The minimum absolute atomic E-state index is 0.0557. The SMILES string of the molecule is CC(C)C(=O)Nc1cccc(NC(=O)C2(n3cccn3)CCNCC2)c1. The van der Waals surface area contributed by atoms with E-state index in [2.05, 4.69) is 21.0 Å². The average Bonchev–Trinajstić information content (AvgIpc) is 3.17. The quantitative estimate of drug-likeness (QED) is 0.767. The van der Waals surface area contributed by atoms with Gasteiger partial charge in [-0.15, -0.1) is 0 Å². The Kier molecular flexibility index (Phi) is 5.37. The molecule has 1 aliphatic rings. The number of rotatable bonds is 5. The lowest BCUT2D eigenvalue weighted by Crippen LogP contribution is -2.52. The second kappa shape index (κ2) is 7.70. The summed E-state index contributed by atoms with van der Waals surface area (Å²) in [5, 5.41) is 13.5. The molecule has 1 aromatic heterocycles. The Morgan fingerprint density at radius 3 is 2.46 bits per heavy atom. The van der Waals surface area contributed by atoms with Gasteiger partial charge in [-0.3, -0.25) is 14.3 Å². The summed E-state index contributed by atoms with van der Waals surface area (Å²) in [4.78, 5) is 25.0. The number of benzene rings is 1. The van der Waals surface area contributed by atoms with Crippen molar-refractivity contribution in [2.75, 3.05) is 23.7 Å². The Morgan fingerprint density at radius 2 is 1.85 bits per heavy atom. The largest absolute Gasteiger partial charge is 0.326 e. The summed E-state index contributed by atoms with van der Waals surface area (Å²) in [6.45, 7) is 5.20. The number of piperidine rings is 1. The molecule has 0 atom stereocenters. The van der Waals surface area contributed by atoms with E-state index in [1.54, 1.807) is 16.9 Å². The minimum atomic E-state index is -0.702. The molecule has 1 aromatic carbocycles. The number of aromatic nitrogens is 2. The first-order chi connectivity index (χ1) is 12.5. The molecule has 0 unspecified atom stereocenters. The third-order valence-corrected chi connectivity index (χ3v) is 4.71. The number of carbonyl (C=O) groups excluding carboxylic acids is 2. The first kappa shape index (κ1) is 18.1. The van der Waals surface area contributed by atoms with E-state index in [-0.39, 0.29) is 17.7 Å². The third-order valence-electron chi connectivity index (χ3n) is 4.71. The van der Waals surface area contributed by atoms with Gasteiger partial charge in [0.2, 0.25) is 5.91 Å². The van der Waals surface area contributed by atoms with Crippen LogP contribution >= 0.6 is 0 Å². The van der Waals surface area contributed by atoms with Gasteiger partial charge in [0, 0.05) is 29.7 Å². The first-order valence-electron chi connectivity index (χ1n) is 8.94. The predicted octanol–water partition coefficient (Wildman–Crippen LogP) is 2.19. The van der Waals surface area contributed by atoms with Crippen LogP contribution in [-0.4, -0.2) is 34.7 Å². The standard InChI is InChI=1S/C19H25N5O2/c1-14(2)17(25)22-15-5-3-6-16(13-15)23-18(26)19(7-10-20-11-8-19)24-12-4-9-21-24/h3-6,9,12-14,20H,7-8,10-11H2,1-2H3,(H,22,25)(H,23,26). The van der Waals surface area contributed by atoms with Crippen molar-refractivity contribution in [2.45, 2.75) is 32.2 Å². The molecular weight excluding hydrogens is 330 g/mol. The molecule has 3 rings (SSSR count). The highest BCUT2D eigenvalue weighted by atomic mass is 16.2. The normalized spacial score (nSPS) is 16.3. The number of nitrogens with zero attached hydrogens (tertiary/aromatic N) is 2. The maximum Gasteiger partial charge on any atom is 0.252 e. The second-order valence-corrected chi connectivity index (χ2v) is 6.91. The lowest BCUT2D eigenvalue weighted by Gasteiger charge is -2.36. The zero-order valence-corrected chi connectivity index (χ0v) is 15.2. The van der Waals surface area contributed by atoms with Crippen LogP contribution < -0.4 is 16.0 Å². The van der Waals surface area contributed by atoms with Gasteiger partial charge in [0.05, 0.1) is 0 Å². The molecule has 0 saturated carbocycles. The van der Waals surface area contributed by atoms with Crippen molar-refractivity contribution in [1.82, 2.24) is 15.1 Å². The molecule has 1 saturated heterocycles. The van der Waals surface area contributed by atoms with E-state index >= 15 is 0 Å². The lowest BCUT2D eigenvalue weighted by atomic mass is 9.87. The molecule has 2 heterocycles. The van der Waals surface area contributed by atoms with Crippen LogP contribution in [0.25, 0.3) is 0 Å². The van der Waals surface area contributed by atoms with E-state index < -0.39 is 5.54 Å². The number of anilines is 2. The van der Waals surface area contributed by atoms with Gasteiger partial charge >= 0.3 is 0 Å². The van der Waals surface area contributed by atoms with E-state index in [1.807, 2.05) is 44.3 Å². The fraction of sp³-hybridized carbons (Fsp3) is 0.421. The smallest absolute Gasteiger partial charge is 0.252 e. The Hall–Kier alpha value is -2.67. The number of amides is 2. The fourth-order valence-electron chi connectivity index (χ4n) is 3.13. The lowest BCUT2D eigenvalue weighted by molar-refractivity contribution is -0.126. The molecule has 26 heavy (non-hydrogen) atoms. The summed E-state index contributed by atoms with van der Waals surface area (Å²) in [5.41, 5.74) is 0.618. The van der Waals surface area contributed by atoms with Crippen LogP contribution in [0.15, 0.2) is 42.7 Å². The maximum atomic E-state index is 13.1. The topological polar surface area (TPSA) is 88.1 Å². The zero-order chi connectivity index (χ0) is 18.6. The van der Waals surface area contributed by atoms with Gasteiger partial charge in [0.1, 0.15) is 5.54 Å². The van der Waals surface area contributed by atoms with Crippen molar-refractivity contribution in [3.8, 4) is 0 Å². The Labute approximate surface area is 153 Å². The van der Waals surface area contributed by atoms with Gasteiger partial charge in [0.25, 0.3) is 5.91 Å². The minimum Gasteiger partial charge on any atom is -0.326 e. The monoisotopic (exact) mass is 355 g/mol. The number of hydrogen-bond acceptors (Lipinski definition) is 4. The fourth-order valence-corrected chi connectivity index (χ4v) is 3.13. The van der Waals surface area contributed by atoms with Crippen LogP contribution in [-0.2, 0) is 15.1 Å². The highest BCUT2D eigenvalue weighted by Crippen LogP contribution is 2.29. The van der Waals surface area contributed by atoms with Crippen LogP contribution in [0.2, 0.25) is 0 Å². The summed E-state index contributed by atoms with van der Waals surface area (Å²) < 4.78 is 1.76. The van der Waals surface area contributed by atoms with Crippen molar-refractivity contribution < 1.29 is 9.59 Å². The second-order valence-electron chi connectivity index (χ2n) is 6.91. The average molecular weight is 355 g/mol. The van der Waals surface area contributed by atoms with Crippen molar-refractivity contribution in [3.05, 3.63) is 42.7 Å². The molecule has 1 aliphatic heterocycles. The van der Waals surface area contributed by atoms with Crippen molar-refractivity contribution in [3.63, 3.8) is 0 Å². The summed E-state index contributed by atoms with van der Waals surface area (Å²) in [5.74, 6) is -0.249. The number of carbonyl (C=O) groups is 2. The van der Waals surface area contributed by atoms with Gasteiger partial charge in [-0.25, -0.2) is 0 Å². The summed E-state index contributed by atoms with van der Waals surface area (Å²) in [7, 11) is 0. The van der Waals surface area contributed by atoms with Crippen LogP contribution in [0, 0.1) is 5.92 Å². The highest BCUT2D eigenvalue weighted by Gasteiger charge is 2.42. The van der Waals surface area contributed by atoms with Crippen molar-refractivity contribution >= 4 is 23.2 Å². The predicted molar refractivity (Wildman–Crippen MR) is 101 cm³/mol. The van der Waals surface area contributed by atoms with E-state index in [9.17, 15) is 9.59 Å². The summed E-state index contributed by atoms with van der Waals surface area (Å²) in [6, 6.07) is 9.05. The molecule has 2 amide bonds. The van der Waals surface area contributed by atoms with Crippen molar-refractivity contribution in [2.24, 2.45) is 5.92 Å². The Bertz CT molecular complexity index is 764. The molecule has 7 nitrogen and oxygen atoms in total. The van der Waals surface area contributed by atoms with E-state index in [1.165, 1.54) is 0 Å². The summed E-state index contributed by atoms with van der Waals surface area (Å²) >= 11 is 0. The number of hydrogen-bond donors (Lipinski definition) is 3. The van der Waals surface area contributed by atoms with Crippen LogP contribution in [0.4, 0.5) is 11.4 Å². The molecule has 1 fully saturated rings. The van der Waals surface area contributed by atoms with Crippen LogP contribution in [0.5, 0.6) is 0 Å². The van der Waals surface area contributed by atoms with Crippen molar-refractivity contribution in [1.29, 1.82) is 0 Å². The van der Waals surface area contributed by atoms with E-state index in [0.717, 1.165) is 13.1 Å². The van der Waals surface area contributed by atoms with Gasteiger partial charge in [-0.1, -0.05) is 19.9 Å². The molecule has 0 bridgehead atoms. The van der Waals surface area contributed by atoms with Crippen LogP contribution in [0.3, 0.4) is 0 Å². The van der Waals surface area contributed by atoms with E-state index in [0.29, 0.717) is 24.2 Å². The summed E-state index contributed by atoms with van der Waals surface area (Å²) in [6.07, 6.45) is 4.87. The van der Waals surface area contributed by atoms with Crippen LogP contribution in [0.1, 0.15) is 26.7 Å². The van der Waals surface area contributed by atoms with Gasteiger partial charge in [-0.2, -0.15) is 5.10 Å². The molecular formula is C19H25N5O2.